The summed E-state index contributed by atoms with van der Waals surface area (Å²) in [7, 11) is 0. The Hall–Kier alpha value is -1.79. The Kier molecular flexibility index (Phi) is 3.14. The lowest BCUT2D eigenvalue weighted by molar-refractivity contribution is -0.420. The van der Waals surface area contributed by atoms with Gasteiger partial charge in [0.25, 0.3) is 5.92 Å². The first-order chi connectivity index (χ1) is 8.41. The number of nitrogens with zero attached hydrogens (tertiary/aromatic N) is 2. The minimum atomic E-state index is -2.71. The summed E-state index contributed by atoms with van der Waals surface area (Å²) in [6, 6.07) is 0. The Morgan fingerprint density at radius 2 is 1.94 bits per heavy atom. The summed E-state index contributed by atoms with van der Waals surface area (Å²) in [4.78, 5) is 23.1. The first kappa shape index (κ1) is 12.7. The van der Waals surface area contributed by atoms with Crippen molar-refractivity contribution in [3.05, 3.63) is 33.7 Å². The standard InChI is InChI=1S/C11H12F2N2O3/c12-11(13)4-6-14(7-5-11)8-2-1-3-9(16)10(8)15(17)18/h1-2H,3-7H2. The first-order valence-corrected chi connectivity index (χ1v) is 5.62. The van der Waals surface area contributed by atoms with Crippen LogP contribution in [-0.4, -0.2) is 34.6 Å². The second kappa shape index (κ2) is 4.47. The molecule has 1 aliphatic heterocycles. The van der Waals surface area contributed by atoms with Crippen LogP contribution in [0.15, 0.2) is 23.5 Å². The van der Waals surface area contributed by atoms with Crippen molar-refractivity contribution in [1.82, 2.24) is 4.90 Å². The Balaban J connectivity index is 2.26. The number of carbonyl (C=O) groups excluding carboxylic acids is 1. The van der Waals surface area contributed by atoms with Crippen molar-refractivity contribution in [3.8, 4) is 0 Å². The van der Waals surface area contributed by atoms with E-state index < -0.39 is 22.3 Å². The Morgan fingerprint density at radius 3 is 2.50 bits per heavy atom. The third-order valence-electron chi connectivity index (χ3n) is 3.10. The molecule has 18 heavy (non-hydrogen) atoms. The monoisotopic (exact) mass is 258 g/mol. The maximum Gasteiger partial charge on any atom is 0.335 e. The molecule has 0 aromatic rings. The molecule has 1 fully saturated rings. The highest BCUT2D eigenvalue weighted by atomic mass is 19.3. The quantitative estimate of drug-likeness (QED) is 0.559. The van der Waals surface area contributed by atoms with Crippen LogP contribution in [0.1, 0.15) is 19.3 Å². The van der Waals surface area contributed by atoms with Gasteiger partial charge in [-0.3, -0.25) is 14.9 Å². The van der Waals surface area contributed by atoms with Crippen LogP contribution in [0.3, 0.4) is 0 Å². The highest BCUT2D eigenvalue weighted by Crippen LogP contribution is 2.31. The minimum Gasteiger partial charge on any atom is -0.365 e. The van der Waals surface area contributed by atoms with Gasteiger partial charge in [0.05, 0.1) is 4.92 Å². The average Bonchev–Trinajstić information content (AvgIpc) is 2.28. The van der Waals surface area contributed by atoms with Crippen LogP contribution in [0.2, 0.25) is 0 Å². The van der Waals surface area contributed by atoms with Gasteiger partial charge < -0.3 is 4.90 Å². The summed E-state index contributed by atoms with van der Waals surface area (Å²) in [6.07, 6.45) is 2.30. The molecule has 0 atom stereocenters. The number of piperidine rings is 1. The minimum absolute atomic E-state index is 0.0101. The summed E-state index contributed by atoms with van der Waals surface area (Å²) in [5, 5.41) is 10.9. The van der Waals surface area contributed by atoms with Gasteiger partial charge in [-0.1, -0.05) is 6.08 Å². The van der Waals surface area contributed by atoms with E-state index in [2.05, 4.69) is 0 Å². The fourth-order valence-electron chi connectivity index (χ4n) is 2.12. The second-order valence-electron chi connectivity index (χ2n) is 4.36. The van der Waals surface area contributed by atoms with Crippen LogP contribution in [0, 0.1) is 10.1 Å². The zero-order chi connectivity index (χ0) is 13.3. The van der Waals surface area contributed by atoms with Crippen LogP contribution in [0.25, 0.3) is 0 Å². The van der Waals surface area contributed by atoms with Crippen molar-refractivity contribution in [2.75, 3.05) is 13.1 Å². The molecule has 0 aromatic carbocycles. The highest BCUT2D eigenvalue weighted by molar-refractivity contribution is 5.96. The molecule has 2 rings (SSSR count). The van der Waals surface area contributed by atoms with E-state index in [1.54, 1.807) is 0 Å². The Morgan fingerprint density at radius 1 is 1.33 bits per heavy atom. The molecule has 0 aromatic heterocycles. The molecule has 1 heterocycles. The van der Waals surface area contributed by atoms with Crippen molar-refractivity contribution >= 4 is 5.78 Å². The third-order valence-corrected chi connectivity index (χ3v) is 3.10. The third kappa shape index (κ3) is 2.39. The lowest BCUT2D eigenvalue weighted by Gasteiger charge is -2.33. The molecular formula is C11H12F2N2O3. The van der Waals surface area contributed by atoms with Crippen molar-refractivity contribution < 1.29 is 18.5 Å². The lowest BCUT2D eigenvalue weighted by Crippen LogP contribution is -2.40. The van der Waals surface area contributed by atoms with Gasteiger partial charge in [-0.2, -0.15) is 0 Å². The molecule has 0 radical (unpaired) electrons. The van der Waals surface area contributed by atoms with E-state index in [0.717, 1.165) is 0 Å². The summed E-state index contributed by atoms with van der Waals surface area (Å²) < 4.78 is 26.0. The Bertz CT molecular complexity index is 447. The SMILES string of the molecule is O=C1CC=CC(N2CCC(F)(F)CC2)=C1[N+](=O)[O-]. The number of rotatable bonds is 2. The van der Waals surface area contributed by atoms with E-state index in [9.17, 15) is 23.7 Å². The number of nitro groups is 1. The van der Waals surface area contributed by atoms with E-state index in [-0.39, 0.29) is 38.0 Å². The smallest absolute Gasteiger partial charge is 0.335 e. The molecule has 0 unspecified atom stereocenters. The predicted molar refractivity (Wildman–Crippen MR) is 58.5 cm³/mol. The van der Waals surface area contributed by atoms with Crippen LogP contribution in [0.5, 0.6) is 0 Å². The molecule has 0 spiro atoms. The van der Waals surface area contributed by atoms with Gasteiger partial charge in [-0.25, -0.2) is 8.78 Å². The predicted octanol–water partition coefficient (Wildman–Crippen LogP) is 1.73. The van der Waals surface area contributed by atoms with Gasteiger partial charge in [-0.05, 0) is 6.08 Å². The van der Waals surface area contributed by atoms with E-state index in [1.807, 2.05) is 0 Å². The molecule has 5 nitrogen and oxygen atoms in total. The fourth-order valence-corrected chi connectivity index (χ4v) is 2.12. The summed E-state index contributed by atoms with van der Waals surface area (Å²) in [5.41, 5.74) is -0.325. The van der Waals surface area contributed by atoms with Crippen LogP contribution < -0.4 is 0 Å². The molecule has 7 heteroatoms. The van der Waals surface area contributed by atoms with Crippen molar-refractivity contribution in [1.29, 1.82) is 0 Å². The van der Waals surface area contributed by atoms with Crippen molar-refractivity contribution in [2.45, 2.75) is 25.2 Å². The molecule has 1 saturated heterocycles. The zero-order valence-electron chi connectivity index (χ0n) is 9.57. The number of carbonyl (C=O) groups is 1. The summed E-state index contributed by atoms with van der Waals surface area (Å²) in [6.45, 7) is 0.0502. The second-order valence-corrected chi connectivity index (χ2v) is 4.36. The topological polar surface area (TPSA) is 63.5 Å². The summed E-state index contributed by atoms with van der Waals surface area (Å²) in [5.74, 6) is -3.29. The van der Waals surface area contributed by atoms with Gasteiger partial charge in [-0.15, -0.1) is 0 Å². The molecule has 0 saturated carbocycles. The zero-order valence-corrected chi connectivity index (χ0v) is 9.57. The molecule has 1 aliphatic carbocycles. The van der Waals surface area contributed by atoms with E-state index in [1.165, 1.54) is 17.1 Å². The first-order valence-electron chi connectivity index (χ1n) is 5.62. The number of hydrogen-bond donors (Lipinski definition) is 0. The molecule has 98 valence electrons. The average molecular weight is 258 g/mol. The number of hydrogen-bond acceptors (Lipinski definition) is 4. The van der Waals surface area contributed by atoms with Gasteiger partial charge >= 0.3 is 5.70 Å². The largest absolute Gasteiger partial charge is 0.365 e. The van der Waals surface area contributed by atoms with E-state index in [0.29, 0.717) is 0 Å². The van der Waals surface area contributed by atoms with Crippen LogP contribution in [0.4, 0.5) is 8.78 Å². The van der Waals surface area contributed by atoms with Crippen molar-refractivity contribution in [3.63, 3.8) is 0 Å². The molecule has 2 aliphatic rings. The van der Waals surface area contributed by atoms with Gasteiger partial charge in [0.2, 0.25) is 5.78 Å². The number of ketones is 1. The van der Waals surface area contributed by atoms with Gasteiger partial charge in [0.15, 0.2) is 0 Å². The normalized spacial score (nSPS) is 23.4. The Labute approximate surface area is 102 Å². The van der Waals surface area contributed by atoms with E-state index in [4.69, 9.17) is 0 Å². The van der Waals surface area contributed by atoms with Gasteiger partial charge in [0.1, 0.15) is 5.70 Å². The number of allylic oxidation sites excluding steroid dienone is 3. The van der Waals surface area contributed by atoms with Gasteiger partial charge in [0, 0.05) is 32.4 Å². The number of Topliss-reactive ketones (excluding diaryl/α,β-unsaturated/α-hetero) is 1. The maximum absolute atomic E-state index is 13.0. The van der Waals surface area contributed by atoms with Crippen molar-refractivity contribution in [2.24, 2.45) is 0 Å². The molecule has 0 N–H and O–H groups in total. The molecule has 0 bridgehead atoms. The van der Waals surface area contributed by atoms with Crippen LogP contribution >= 0.6 is 0 Å². The van der Waals surface area contributed by atoms with Crippen LogP contribution in [-0.2, 0) is 4.79 Å². The highest BCUT2D eigenvalue weighted by Gasteiger charge is 2.38. The molecule has 0 amide bonds. The fraction of sp³-hybridized carbons (Fsp3) is 0.545. The number of alkyl halides is 2. The lowest BCUT2D eigenvalue weighted by atomic mass is 10.0. The van der Waals surface area contributed by atoms with E-state index >= 15 is 0 Å². The number of halogens is 2. The number of likely N-dealkylation sites (tertiary alicyclic amines) is 1. The maximum atomic E-state index is 13.0. The molecular weight excluding hydrogens is 246 g/mol. The summed E-state index contributed by atoms with van der Waals surface area (Å²) >= 11 is 0.